The van der Waals surface area contributed by atoms with E-state index >= 15 is 0 Å². The fourth-order valence-electron chi connectivity index (χ4n) is 4.50. The first-order valence-corrected chi connectivity index (χ1v) is 8.55. The molecule has 4 heteroatoms. The number of hydrogen-bond acceptors (Lipinski definition) is 4. The normalized spacial score (nSPS) is 32.6. The zero-order valence-corrected chi connectivity index (χ0v) is 13.3. The highest BCUT2D eigenvalue weighted by atomic mass is 16.5. The fourth-order valence-corrected chi connectivity index (χ4v) is 4.50. The summed E-state index contributed by atoms with van der Waals surface area (Å²) in [5.74, 6) is 2.27. The number of hydrogen-bond donors (Lipinski definition) is 1. The van der Waals surface area contributed by atoms with Gasteiger partial charge in [-0.05, 0) is 37.3 Å². The maximum Gasteiger partial charge on any atom is 0.120 e. The van der Waals surface area contributed by atoms with Gasteiger partial charge >= 0.3 is 0 Å². The van der Waals surface area contributed by atoms with Gasteiger partial charge in [0.05, 0.1) is 13.2 Å². The van der Waals surface area contributed by atoms with E-state index in [1.807, 2.05) is 6.07 Å². The Bertz CT molecular complexity index is 528. The third kappa shape index (κ3) is 2.48. The fraction of sp³-hybridized carbons (Fsp3) is 0.667. The van der Waals surface area contributed by atoms with E-state index in [4.69, 9.17) is 4.74 Å². The van der Waals surface area contributed by atoms with E-state index in [1.165, 1.54) is 25.1 Å². The predicted octanol–water partition coefficient (Wildman–Crippen LogP) is 1.98. The summed E-state index contributed by atoms with van der Waals surface area (Å²) < 4.78 is 5.33. The Balaban J connectivity index is 1.34. The molecule has 0 amide bonds. The van der Waals surface area contributed by atoms with Crippen LogP contribution < -0.4 is 9.64 Å². The second-order valence-electron chi connectivity index (χ2n) is 7.10. The molecule has 2 aliphatic heterocycles. The van der Waals surface area contributed by atoms with Crippen molar-refractivity contribution in [3.8, 4) is 5.75 Å². The lowest BCUT2D eigenvalue weighted by molar-refractivity contribution is -0.00448. The minimum absolute atomic E-state index is 0.0214. The molecule has 22 heavy (non-hydrogen) atoms. The van der Waals surface area contributed by atoms with Crippen molar-refractivity contribution in [1.29, 1.82) is 0 Å². The number of ether oxygens (including phenoxy) is 1. The van der Waals surface area contributed by atoms with E-state index in [-0.39, 0.29) is 6.10 Å². The second kappa shape index (κ2) is 5.74. The molecule has 0 spiro atoms. The highest BCUT2D eigenvalue weighted by molar-refractivity contribution is 5.51. The van der Waals surface area contributed by atoms with Crippen LogP contribution in [0.3, 0.4) is 0 Å². The van der Waals surface area contributed by atoms with Crippen LogP contribution in [0.2, 0.25) is 0 Å². The van der Waals surface area contributed by atoms with Gasteiger partial charge in [-0.1, -0.05) is 6.07 Å². The number of likely N-dealkylation sites (tertiary alicyclic amines) is 1. The van der Waals surface area contributed by atoms with Gasteiger partial charge in [-0.3, -0.25) is 4.90 Å². The number of benzene rings is 1. The van der Waals surface area contributed by atoms with Crippen LogP contribution in [0.4, 0.5) is 5.69 Å². The van der Waals surface area contributed by atoms with Gasteiger partial charge in [0.25, 0.3) is 0 Å². The van der Waals surface area contributed by atoms with E-state index in [9.17, 15) is 5.11 Å². The highest BCUT2D eigenvalue weighted by Gasteiger charge is 2.47. The number of rotatable bonds is 3. The molecule has 3 atom stereocenters. The predicted molar refractivity (Wildman–Crippen MR) is 87.4 cm³/mol. The largest absolute Gasteiger partial charge is 0.497 e. The molecule has 2 heterocycles. The molecule has 4 nitrogen and oxygen atoms in total. The van der Waals surface area contributed by atoms with Gasteiger partial charge in [-0.2, -0.15) is 0 Å². The first kappa shape index (κ1) is 14.3. The molecular formula is C18H26N2O2. The van der Waals surface area contributed by atoms with Crippen molar-refractivity contribution in [2.75, 3.05) is 38.2 Å². The van der Waals surface area contributed by atoms with Gasteiger partial charge in [0.15, 0.2) is 0 Å². The van der Waals surface area contributed by atoms with Gasteiger partial charge in [0.1, 0.15) is 5.75 Å². The minimum atomic E-state index is -0.0214. The Morgan fingerprint density at radius 3 is 2.68 bits per heavy atom. The Morgan fingerprint density at radius 1 is 1.18 bits per heavy atom. The monoisotopic (exact) mass is 302 g/mol. The first-order chi connectivity index (χ1) is 10.7. The first-order valence-electron chi connectivity index (χ1n) is 8.55. The minimum Gasteiger partial charge on any atom is -0.497 e. The van der Waals surface area contributed by atoms with Crippen LogP contribution in [0.25, 0.3) is 0 Å². The van der Waals surface area contributed by atoms with Crippen molar-refractivity contribution >= 4 is 5.69 Å². The van der Waals surface area contributed by atoms with E-state index in [1.54, 1.807) is 7.11 Å². The second-order valence-corrected chi connectivity index (χ2v) is 7.10. The number of aliphatic hydroxyl groups is 1. The lowest BCUT2D eigenvalue weighted by Crippen LogP contribution is -2.44. The van der Waals surface area contributed by atoms with Gasteiger partial charge < -0.3 is 14.7 Å². The van der Waals surface area contributed by atoms with Gasteiger partial charge in [0.2, 0.25) is 0 Å². The molecule has 1 N–H and O–H groups in total. The zero-order chi connectivity index (χ0) is 15.1. The van der Waals surface area contributed by atoms with Crippen molar-refractivity contribution in [3.63, 3.8) is 0 Å². The summed E-state index contributed by atoms with van der Waals surface area (Å²) in [6, 6.07) is 9.09. The highest BCUT2D eigenvalue weighted by Crippen LogP contribution is 2.42. The average Bonchev–Trinajstić information content (AvgIpc) is 2.92. The Kier molecular flexibility index (Phi) is 3.74. The summed E-state index contributed by atoms with van der Waals surface area (Å²) in [4.78, 5) is 5.12. The molecule has 3 fully saturated rings. The van der Waals surface area contributed by atoms with Gasteiger partial charge in [0, 0.05) is 49.9 Å². The number of anilines is 1. The standard InChI is InChI=1S/C18H26N2O2/c1-22-16-4-2-3-15(10-16)19-7-5-14(6-8-19)20-11-13-9-18(21)17(13)12-20/h2-4,10,13-14,17-18,21H,5-9,11-12H2,1H3/t13-,17+,18+/m1/s1. The molecule has 4 rings (SSSR count). The Labute approximate surface area is 132 Å². The van der Waals surface area contributed by atoms with Crippen LogP contribution in [0.5, 0.6) is 5.75 Å². The molecule has 0 unspecified atom stereocenters. The molecular weight excluding hydrogens is 276 g/mol. The van der Waals surface area contributed by atoms with E-state index < -0.39 is 0 Å². The molecule has 1 aromatic rings. The summed E-state index contributed by atoms with van der Waals surface area (Å²) in [5, 5.41) is 9.83. The number of fused-ring (bicyclic) bond motifs is 1. The lowest BCUT2D eigenvalue weighted by Gasteiger charge is -2.38. The third-order valence-corrected chi connectivity index (χ3v) is 5.96. The molecule has 0 radical (unpaired) electrons. The molecule has 1 aromatic carbocycles. The quantitative estimate of drug-likeness (QED) is 0.926. The average molecular weight is 302 g/mol. The SMILES string of the molecule is COc1cccc(N2CCC(N3C[C@H]4C[C@H](O)[C@H]4C3)CC2)c1. The van der Waals surface area contributed by atoms with E-state index in [0.29, 0.717) is 12.0 Å². The van der Waals surface area contributed by atoms with Crippen LogP contribution in [-0.4, -0.2) is 55.4 Å². The molecule has 120 valence electrons. The number of methoxy groups -OCH3 is 1. The summed E-state index contributed by atoms with van der Waals surface area (Å²) in [5.41, 5.74) is 1.27. The smallest absolute Gasteiger partial charge is 0.120 e. The maximum absolute atomic E-state index is 9.83. The molecule has 1 saturated carbocycles. The van der Waals surface area contributed by atoms with Crippen molar-refractivity contribution in [3.05, 3.63) is 24.3 Å². The van der Waals surface area contributed by atoms with Gasteiger partial charge in [-0.15, -0.1) is 0 Å². The Morgan fingerprint density at radius 2 is 2.00 bits per heavy atom. The molecule has 0 bridgehead atoms. The zero-order valence-electron chi connectivity index (χ0n) is 13.3. The summed E-state index contributed by atoms with van der Waals surface area (Å²) in [6.07, 6.45) is 3.47. The summed E-state index contributed by atoms with van der Waals surface area (Å²) >= 11 is 0. The topological polar surface area (TPSA) is 35.9 Å². The van der Waals surface area contributed by atoms with Gasteiger partial charge in [-0.25, -0.2) is 0 Å². The molecule has 1 aliphatic carbocycles. The van der Waals surface area contributed by atoms with Crippen LogP contribution in [0, 0.1) is 11.8 Å². The van der Waals surface area contributed by atoms with Crippen LogP contribution >= 0.6 is 0 Å². The van der Waals surface area contributed by atoms with E-state index in [0.717, 1.165) is 37.7 Å². The Hall–Kier alpha value is -1.26. The van der Waals surface area contributed by atoms with Crippen LogP contribution in [0.1, 0.15) is 19.3 Å². The lowest BCUT2D eigenvalue weighted by atomic mass is 9.74. The number of aliphatic hydroxyl groups excluding tert-OH is 1. The van der Waals surface area contributed by atoms with Crippen LogP contribution in [-0.2, 0) is 0 Å². The van der Waals surface area contributed by atoms with Crippen molar-refractivity contribution in [1.82, 2.24) is 4.90 Å². The van der Waals surface area contributed by atoms with Crippen molar-refractivity contribution in [2.24, 2.45) is 11.8 Å². The molecule has 2 saturated heterocycles. The summed E-state index contributed by atoms with van der Waals surface area (Å²) in [7, 11) is 1.72. The van der Waals surface area contributed by atoms with E-state index in [2.05, 4.69) is 28.0 Å². The van der Waals surface area contributed by atoms with Crippen molar-refractivity contribution < 1.29 is 9.84 Å². The number of piperidine rings is 1. The maximum atomic E-state index is 9.83. The van der Waals surface area contributed by atoms with Crippen molar-refractivity contribution in [2.45, 2.75) is 31.4 Å². The van der Waals surface area contributed by atoms with Crippen LogP contribution in [0.15, 0.2) is 24.3 Å². The summed E-state index contributed by atoms with van der Waals surface area (Å²) in [6.45, 7) is 4.57. The third-order valence-electron chi connectivity index (χ3n) is 5.96. The number of nitrogens with zero attached hydrogens (tertiary/aromatic N) is 2. The molecule has 3 aliphatic rings. The molecule has 0 aromatic heterocycles.